The molecule has 0 spiro atoms. The third-order valence-corrected chi connectivity index (χ3v) is 2.83. The minimum absolute atomic E-state index is 0.0942. The number of hydrogen-bond acceptors (Lipinski definition) is 3. The Morgan fingerprint density at radius 1 is 1.18 bits per heavy atom. The van der Waals surface area contributed by atoms with E-state index in [9.17, 15) is 4.79 Å². The molecule has 2 aromatic rings. The molecule has 22 heavy (non-hydrogen) atoms. The largest absolute Gasteiger partial charge is 0.472 e. The van der Waals surface area contributed by atoms with Crippen molar-refractivity contribution in [2.45, 2.75) is 40.8 Å². The van der Waals surface area contributed by atoms with Crippen LogP contribution in [0, 0.1) is 0 Å². The second-order valence-electron chi connectivity index (χ2n) is 4.12. The van der Waals surface area contributed by atoms with Crippen LogP contribution in [0.2, 0.25) is 0 Å². The number of benzene rings is 1. The molecule has 0 saturated heterocycles. The second kappa shape index (κ2) is 9.60. The summed E-state index contributed by atoms with van der Waals surface area (Å²) in [4.78, 5) is 11.5. The summed E-state index contributed by atoms with van der Waals surface area (Å²) in [5.74, 6) is 0.397. The number of hydrogen-bond donors (Lipinski definition) is 1. The van der Waals surface area contributed by atoms with Crippen LogP contribution in [0.15, 0.2) is 36.4 Å². The molecule has 0 saturated carbocycles. The number of aromatic nitrogens is 2. The number of ether oxygens (including phenoxy) is 1. The molecule has 2 heterocycles. The number of carbonyl (C=O) groups excluding carboxylic acids is 1. The second-order valence-corrected chi connectivity index (χ2v) is 4.12. The molecule has 0 aliphatic carbocycles. The smallest absolute Gasteiger partial charge is 0.269 e. The fraction of sp³-hybridized carbons (Fsp3) is 0.412. The van der Waals surface area contributed by atoms with Crippen molar-refractivity contribution in [2.24, 2.45) is 0 Å². The Morgan fingerprint density at radius 2 is 1.86 bits per heavy atom. The van der Waals surface area contributed by atoms with Crippen LogP contribution in [0.3, 0.4) is 0 Å². The Bertz CT molecular complexity index is 565. The van der Waals surface area contributed by atoms with E-state index in [0.29, 0.717) is 31.3 Å². The fourth-order valence-corrected chi connectivity index (χ4v) is 1.91. The third kappa shape index (κ3) is 4.62. The van der Waals surface area contributed by atoms with E-state index in [1.807, 2.05) is 58.0 Å². The van der Waals surface area contributed by atoms with Gasteiger partial charge in [-0.3, -0.25) is 9.48 Å². The maximum atomic E-state index is 11.5. The van der Waals surface area contributed by atoms with Gasteiger partial charge < -0.3 is 10.1 Å². The van der Waals surface area contributed by atoms with Crippen molar-refractivity contribution in [2.75, 3.05) is 6.54 Å². The number of rotatable bonds is 3. The molecule has 0 bridgehead atoms. The van der Waals surface area contributed by atoms with Crippen LogP contribution < -0.4 is 10.1 Å². The average Bonchev–Trinajstić information content (AvgIpc) is 3.02. The molecular weight excluding hydrogens is 278 g/mol. The number of nitrogens with one attached hydrogen (secondary N) is 1. The van der Waals surface area contributed by atoms with E-state index in [-0.39, 0.29) is 5.91 Å². The zero-order valence-corrected chi connectivity index (χ0v) is 13.8. The molecule has 0 fully saturated rings. The van der Waals surface area contributed by atoms with E-state index in [1.165, 1.54) is 0 Å². The van der Waals surface area contributed by atoms with Crippen LogP contribution >= 0.6 is 0 Å². The molecule has 1 aliphatic rings. The molecule has 1 aromatic heterocycles. The zero-order valence-electron chi connectivity index (χ0n) is 13.8. The van der Waals surface area contributed by atoms with Gasteiger partial charge in [0.1, 0.15) is 12.3 Å². The first-order chi connectivity index (χ1) is 10.8. The fourth-order valence-electron chi connectivity index (χ4n) is 1.91. The van der Waals surface area contributed by atoms with Gasteiger partial charge in [0, 0.05) is 12.6 Å². The maximum absolute atomic E-state index is 11.5. The maximum Gasteiger partial charge on any atom is 0.269 e. The molecular formula is C17H25N3O2. The summed E-state index contributed by atoms with van der Waals surface area (Å²) in [5.41, 5.74) is 1.64. The summed E-state index contributed by atoms with van der Waals surface area (Å²) in [5, 5.41) is 7.02. The lowest BCUT2D eigenvalue weighted by atomic mass is 10.2. The van der Waals surface area contributed by atoms with Crippen molar-refractivity contribution >= 4 is 5.91 Å². The lowest BCUT2D eigenvalue weighted by Gasteiger charge is -2.12. The highest BCUT2D eigenvalue weighted by Gasteiger charge is 2.19. The summed E-state index contributed by atoms with van der Waals surface area (Å²) in [6.07, 6.45) is 0. The van der Waals surface area contributed by atoms with Crippen LogP contribution in [-0.2, 0) is 13.2 Å². The van der Waals surface area contributed by atoms with E-state index in [1.54, 1.807) is 10.7 Å². The first-order valence-electron chi connectivity index (χ1n) is 7.86. The van der Waals surface area contributed by atoms with E-state index >= 15 is 0 Å². The van der Waals surface area contributed by atoms with E-state index in [0.717, 1.165) is 5.56 Å². The highest BCUT2D eigenvalue weighted by atomic mass is 16.5. The first-order valence-corrected chi connectivity index (χ1v) is 7.86. The Labute approximate surface area is 132 Å². The number of nitrogens with zero attached hydrogens (tertiary/aromatic N) is 2. The highest BCUT2D eigenvalue weighted by Crippen LogP contribution is 2.15. The molecule has 0 radical (unpaired) electrons. The van der Waals surface area contributed by atoms with Crippen LogP contribution in [0.4, 0.5) is 0 Å². The number of amides is 1. The minimum atomic E-state index is -0.0942. The Kier molecular flexibility index (Phi) is 7.75. The van der Waals surface area contributed by atoms with Gasteiger partial charge in [0.15, 0.2) is 0 Å². The van der Waals surface area contributed by atoms with Crippen LogP contribution in [-0.4, -0.2) is 22.2 Å². The van der Waals surface area contributed by atoms with Crippen LogP contribution in [0.25, 0.3) is 0 Å². The Balaban J connectivity index is 0.000000561. The van der Waals surface area contributed by atoms with Gasteiger partial charge in [0.25, 0.3) is 5.91 Å². The van der Waals surface area contributed by atoms with Gasteiger partial charge in [-0.1, -0.05) is 58.0 Å². The summed E-state index contributed by atoms with van der Waals surface area (Å²) in [6, 6.07) is 11.5. The SMILES string of the molecule is CC.CC.O=C1NCCn2nc(OCc3ccccc3)cc21. The molecule has 1 N–H and O–H groups in total. The number of fused-ring (bicyclic) bond motifs is 1. The van der Waals surface area contributed by atoms with Gasteiger partial charge in [-0.05, 0) is 5.56 Å². The van der Waals surface area contributed by atoms with Gasteiger partial charge in [0.05, 0.1) is 6.54 Å². The summed E-state index contributed by atoms with van der Waals surface area (Å²) < 4.78 is 7.26. The Hall–Kier alpha value is -2.30. The van der Waals surface area contributed by atoms with Crippen LogP contribution in [0.1, 0.15) is 43.7 Å². The summed E-state index contributed by atoms with van der Waals surface area (Å²) >= 11 is 0. The van der Waals surface area contributed by atoms with Crippen molar-refractivity contribution in [3.8, 4) is 5.88 Å². The van der Waals surface area contributed by atoms with Gasteiger partial charge in [-0.25, -0.2) is 0 Å². The van der Waals surface area contributed by atoms with Gasteiger partial charge >= 0.3 is 0 Å². The predicted octanol–water partition coefficient (Wildman–Crippen LogP) is 3.26. The predicted molar refractivity (Wildman–Crippen MR) is 88.0 cm³/mol. The van der Waals surface area contributed by atoms with Crippen LogP contribution in [0.5, 0.6) is 5.88 Å². The molecule has 0 unspecified atom stereocenters. The average molecular weight is 303 g/mol. The van der Waals surface area contributed by atoms with Gasteiger partial charge in [0.2, 0.25) is 5.88 Å². The van der Waals surface area contributed by atoms with Gasteiger partial charge in [-0.2, -0.15) is 0 Å². The van der Waals surface area contributed by atoms with E-state index < -0.39 is 0 Å². The quantitative estimate of drug-likeness (QED) is 0.947. The van der Waals surface area contributed by atoms with E-state index in [4.69, 9.17) is 4.74 Å². The van der Waals surface area contributed by atoms with E-state index in [2.05, 4.69) is 10.4 Å². The first kappa shape index (κ1) is 17.8. The number of carbonyl (C=O) groups is 1. The minimum Gasteiger partial charge on any atom is -0.472 e. The molecule has 120 valence electrons. The molecule has 3 rings (SSSR count). The molecule has 1 amide bonds. The summed E-state index contributed by atoms with van der Waals surface area (Å²) in [7, 11) is 0. The Morgan fingerprint density at radius 3 is 2.50 bits per heavy atom. The lowest BCUT2D eigenvalue weighted by Crippen LogP contribution is -2.35. The molecule has 1 aromatic carbocycles. The third-order valence-electron chi connectivity index (χ3n) is 2.83. The monoisotopic (exact) mass is 303 g/mol. The summed E-state index contributed by atoms with van der Waals surface area (Å²) in [6.45, 7) is 9.76. The highest BCUT2D eigenvalue weighted by molar-refractivity contribution is 5.93. The molecule has 5 nitrogen and oxygen atoms in total. The van der Waals surface area contributed by atoms with Crippen molar-refractivity contribution < 1.29 is 9.53 Å². The molecule has 1 aliphatic heterocycles. The van der Waals surface area contributed by atoms with Crippen molar-refractivity contribution in [3.05, 3.63) is 47.7 Å². The zero-order chi connectivity index (χ0) is 16.4. The van der Waals surface area contributed by atoms with Gasteiger partial charge in [-0.15, -0.1) is 5.10 Å². The van der Waals surface area contributed by atoms with Crippen molar-refractivity contribution in [1.29, 1.82) is 0 Å². The topological polar surface area (TPSA) is 56.2 Å². The van der Waals surface area contributed by atoms with Crippen molar-refractivity contribution in [3.63, 3.8) is 0 Å². The normalized spacial score (nSPS) is 11.9. The van der Waals surface area contributed by atoms with Crippen molar-refractivity contribution in [1.82, 2.24) is 15.1 Å². The standard InChI is InChI=1S/C13H13N3O2.2C2H6/c17-13-11-8-12(15-16(11)7-6-14-13)18-9-10-4-2-1-3-5-10;2*1-2/h1-5,8H,6-7,9H2,(H,14,17);2*1-2H3. The molecule has 5 heteroatoms. The molecule has 0 atom stereocenters. The lowest BCUT2D eigenvalue weighted by molar-refractivity contribution is 0.0924.